The van der Waals surface area contributed by atoms with Crippen molar-refractivity contribution in [1.29, 1.82) is 0 Å². The van der Waals surface area contributed by atoms with Gasteiger partial charge in [0.1, 0.15) is 0 Å². The molecule has 1 saturated heterocycles. The molecule has 2 N–H and O–H groups in total. The maximum Gasteiger partial charge on any atom is 0.234 e. The second-order valence-corrected chi connectivity index (χ2v) is 5.27. The Morgan fingerprint density at radius 3 is 2.95 bits per heavy atom. The maximum atomic E-state index is 11.7. The fourth-order valence-electron chi connectivity index (χ4n) is 2.37. The van der Waals surface area contributed by atoms with E-state index in [2.05, 4.69) is 29.4 Å². The summed E-state index contributed by atoms with van der Waals surface area (Å²) in [6, 6.07) is 0.265. The fourth-order valence-corrected chi connectivity index (χ4v) is 2.37. The number of amides is 1. The third-order valence-electron chi connectivity index (χ3n) is 3.46. The summed E-state index contributed by atoms with van der Waals surface area (Å²) in [6.45, 7) is 11.3. The number of nitrogens with zero attached hydrogens (tertiary/aromatic N) is 1. The number of hydrogen-bond donors (Lipinski definition) is 2. The minimum Gasteiger partial charge on any atom is -0.374 e. The molecular weight excluding hydrogens is 242 g/mol. The second kappa shape index (κ2) is 9.28. The minimum absolute atomic E-state index is 0.0732. The lowest BCUT2D eigenvalue weighted by Crippen LogP contribution is -2.48. The van der Waals surface area contributed by atoms with Gasteiger partial charge < -0.3 is 15.4 Å². The van der Waals surface area contributed by atoms with E-state index in [4.69, 9.17) is 4.74 Å². The summed E-state index contributed by atoms with van der Waals surface area (Å²) in [7, 11) is 0. The molecule has 112 valence electrons. The molecule has 1 heterocycles. The van der Waals surface area contributed by atoms with Crippen LogP contribution < -0.4 is 10.6 Å². The molecule has 1 fully saturated rings. The minimum atomic E-state index is 0.0732. The molecule has 2 atom stereocenters. The number of rotatable bonds is 8. The zero-order chi connectivity index (χ0) is 14.1. The van der Waals surface area contributed by atoms with Crippen LogP contribution in [0.4, 0.5) is 0 Å². The van der Waals surface area contributed by atoms with Gasteiger partial charge in [0.2, 0.25) is 5.91 Å². The van der Waals surface area contributed by atoms with Crippen molar-refractivity contribution < 1.29 is 9.53 Å². The van der Waals surface area contributed by atoms with Crippen molar-refractivity contribution in [3.8, 4) is 0 Å². The Labute approximate surface area is 117 Å². The van der Waals surface area contributed by atoms with Gasteiger partial charge in [0.15, 0.2) is 0 Å². The number of ether oxygens (including phenoxy) is 1. The molecule has 0 aromatic carbocycles. The summed E-state index contributed by atoms with van der Waals surface area (Å²) < 4.78 is 5.68. The fraction of sp³-hybridized carbons (Fsp3) is 0.929. The van der Waals surface area contributed by atoms with Gasteiger partial charge in [0, 0.05) is 25.7 Å². The quantitative estimate of drug-likeness (QED) is 0.679. The van der Waals surface area contributed by atoms with Crippen LogP contribution in [-0.4, -0.2) is 62.3 Å². The highest BCUT2D eigenvalue weighted by Gasteiger charge is 2.18. The van der Waals surface area contributed by atoms with Crippen LogP contribution in [0.2, 0.25) is 0 Å². The summed E-state index contributed by atoms with van der Waals surface area (Å²) in [5, 5.41) is 6.17. The molecule has 1 aliphatic heterocycles. The molecule has 1 rings (SSSR count). The summed E-state index contributed by atoms with van der Waals surface area (Å²) in [6.07, 6.45) is 2.33. The van der Waals surface area contributed by atoms with Crippen molar-refractivity contribution in [2.45, 2.75) is 45.8 Å². The third-order valence-corrected chi connectivity index (χ3v) is 3.46. The van der Waals surface area contributed by atoms with Crippen LogP contribution in [0.25, 0.3) is 0 Å². The SMILES string of the molecule is CCCC(C)NC(=O)CNCC1CN(CC)CCO1. The first-order valence-electron chi connectivity index (χ1n) is 7.49. The molecule has 5 heteroatoms. The summed E-state index contributed by atoms with van der Waals surface area (Å²) >= 11 is 0. The van der Waals surface area contributed by atoms with E-state index in [1.807, 2.05) is 6.92 Å². The lowest BCUT2D eigenvalue weighted by Gasteiger charge is -2.32. The lowest BCUT2D eigenvalue weighted by molar-refractivity contribution is -0.121. The van der Waals surface area contributed by atoms with Crippen LogP contribution in [0, 0.1) is 0 Å². The number of carbonyl (C=O) groups is 1. The van der Waals surface area contributed by atoms with Crippen molar-refractivity contribution >= 4 is 5.91 Å². The molecule has 0 aromatic rings. The van der Waals surface area contributed by atoms with Crippen LogP contribution in [0.1, 0.15) is 33.6 Å². The van der Waals surface area contributed by atoms with Crippen molar-refractivity contribution in [2.75, 3.05) is 39.3 Å². The molecule has 19 heavy (non-hydrogen) atoms. The van der Waals surface area contributed by atoms with Crippen LogP contribution in [-0.2, 0) is 9.53 Å². The highest BCUT2D eigenvalue weighted by atomic mass is 16.5. The average Bonchev–Trinajstić information content (AvgIpc) is 2.39. The molecule has 2 unspecified atom stereocenters. The van der Waals surface area contributed by atoms with E-state index in [0.717, 1.165) is 45.6 Å². The highest BCUT2D eigenvalue weighted by molar-refractivity contribution is 5.78. The van der Waals surface area contributed by atoms with E-state index in [1.54, 1.807) is 0 Å². The van der Waals surface area contributed by atoms with Gasteiger partial charge in [-0.25, -0.2) is 0 Å². The van der Waals surface area contributed by atoms with Gasteiger partial charge in [0.25, 0.3) is 0 Å². The monoisotopic (exact) mass is 271 g/mol. The Morgan fingerprint density at radius 2 is 2.26 bits per heavy atom. The Hall–Kier alpha value is -0.650. The van der Waals surface area contributed by atoms with Crippen molar-refractivity contribution in [3.63, 3.8) is 0 Å². The van der Waals surface area contributed by atoms with E-state index in [-0.39, 0.29) is 18.1 Å². The van der Waals surface area contributed by atoms with Crippen molar-refractivity contribution in [3.05, 3.63) is 0 Å². The largest absolute Gasteiger partial charge is 0.374 e. The summed E-state index contributed by atoms with van der Waals surface area (Å²) in [4.78, 5) is 14.0. The summed E-state index contributed by atoms with van der Waals surface area (Å²) in [5.41, 5.74) is 0. The first-order chi connectivity index (χ1) is 9.15. The standard InChI is InChI=1S/C14H29N3O2/c1-4-6-12(3)16-14(18)10-15-9-13-11-17(5-2)7-8-19-13/h12-13,15H,4-11H2,1-3H3,(H,16,18). The van der Waals surface area contributed by atoms with Crippen LogP contribution in [0.3, 0.4) is 0 Å². The summed E-state index contributed by atoms with van der Waals surface area (Å²) in [5.74, 6) is 0.0732. The zero-order valence-corrected chi connectivity index (χ0v) is 12.6. The molecule has 1 amide bonds. The van der Waals surface area contributed by atoms with Gasteiger partial charge in [-0.05, 0) is 19.9 Å². The molecular formula is C14H29N3O2. The van der Waals surface area contributed by atoms with Crippen LogP contribution >= 0.6 is 0 Å². The Morgan fingerprint density at radius 1 is 1.47 bits per heavy atom. The molecule has 1 aliphatic rings. The van der Waals surface area contributed by atoms with Gasteiger partial charge in [-0.1, -0.05) is 20.3 Å². The zero-order valence-electron chi connectivity index (χ0n) is 12.6. The van der Waals surface area contributed by atoms with Crippen LogP contribution in [0.5, 0.6) is 0 Å². The molecule has 0 radical (unpaired) electrons. The van der Waals surface area contributed by atoms with Gasteiger partial charge in [-0.3, -0.25) is 9.69 Å². The number of morpholine rings is 1. The van der Waals surface area contributed by atoms with E-state index >= 15 is 0 Å². The van der Waals surface area contributed by atoms with Crippen molar-refractivity contribution in [2.24, 2.45) is 0 Å². The Kier molecular flexibility index (Phi) is 8.02. The normalized spacial score (nSPS) is 22.2. The predicted molar refractivity (Wildman–Crippen MR) is 77.2 cm³/mol. The van der Waals surface area contributed by atoms with Gasteiger partial charge in [-0.15, -0.1) is 0 Å². The number of carbonyl (C=O) groups excluding carboxylic acids is 1. The molecule has 0 aromatic heterocycles. The smallest absolute Gasteiger partial charge is 0.234 e. The molecule has 0 spiro atoms. The van der Waals surface area contributed by atoms with E-state index < -0.39 is 0 Å². The van der Waals surface area contributed by atoms with E-state index in [1.165, 1.54) is 0 Å². The average molecular weight is 271 g/mol. The van der Waals surface area contributed by atoms with E-state index in [9.17, 15) is 4.79 Å². The number of hydrogen-bond acceptors (Lipinski definition) is 4. The maximum absolute atomic E-state index is 11.7. The van der Waals surface area contributed by atoms with E-state index in [0.29, 0.717) is 6.54 Å². The molecule has 0 aliphatic carbocycles. The Bertz CT molecular complexity index is 261. The van der Waals surface area contributed by atoms with Gasteiger partial charge in [0.05, 0.1) is 19.3 Å². The topological polar surface area (TPSA) is 53.6 Å². The Balaban J connectivity index is 2.10. The van der Waals surface area contributed by atoms with Gasteiger partial charge >= 0.3 is 0 Å². The predicted octanol–water partition coefficient (Wildman–Crippen LogP) is 0.602. The highest BCUT2D eigenvalue weighted by Crippen LogP contribution is 2.03. The number of nitrogens with one attached hydrogen (secondary N) is 2. The van der Waals surface area contributed by atoms with Gasteiger partial charge in [-0.2, -0.15) is 0 Å². The lowest BCUT2D eigenvalue weighted by atomic mass is 10.2. The first kappa shape index (κ1) is 16.4. The van der Waals surface area contributed by atoms with Crippen LogP contribution in [0.15, 0.2) is 0 Å². The second-order valence-electron chi connectivity index (χ2n) is 5.27. The molecule has 0 bridgehead atoms. The molecule has 0 saturated carbocycles. The first-order valence-corrected chi connectivity index (χ1v) is 7.49. The molecule has 5 nitrogen and oxygen atoms in total. The third kappa shape index (κ3) is 6.89. The number of likely N-dealkylation sites (N-methyl/N-ethyl adjacent to an activating group) is 1. The van der Waals surface area contributed by atoms with Crippen molar-refractivity contribution in [1.82, 2.24) is 15.5 Å².